The maximum atomic E-state index is 11.6. The Bertz CT molecular complexity index is 457. The van der Waals surface area contributed by atoms with Crippen molar-refractivity contribution in [2.24, 2.45) is 0 Å². The molecule has 1 unspecified atom stereocenters. The number of carbonyl (C=O) groups is 2. The number of nitrogens with zero attached hydrogens (tertiary/aromatic N) is 1. The molecule has 0 bridgehead atoms. The van der Waals surface area contributed by atoms with Crippen molar-refractivity contribution < 1.29 is 19.4 Å². The van der Waals surface area contributed by atoms with Crippen LogP contribution in [-0.2, 0) is 16.0 Å². The van der Waals surface area contributed by atoms with Gasteiger partial charge in [-0.1, -0.05) is 13.0 Å². The molecule has 1 aromatic rings. The number of carboxylic acids is 1. The van der Waals surface area contributed by atoms with Gasteiger partial charge in [0.15, 0.2) is 5.69 Å². The van der Waals surface area contributed by atoms with Gasteiger partial charge in [0.25, 0.3) is 0 Å². The Kier molecular flexibility index (Phi) is 2.38. The van der Waals surface area contributed by atoms with Gasteiger partial charge in [0.05, 0.1) is 0 Å². The zero-order valence-electron chi connectivity index (χ0n) is 8.77. The molecule has 0 aromatic carbocycles. The van der Waals surface area contributed by atoms with Gasteiger partial charge in [-0.15, -0.1) is 0 Å². The number of rotatable bonds is 2. The van der Waals surface area contributed by atoms with E-state index in [1.165, 1.54) is 6.20 Å². The summed E-state index contributed by atoms with van der Waals surface area (Å²) in [6.45, 7) is 1.68. The van der Waals surface area contributed by atoms with Crippen LogP contribution in [0.25, 0.3) is 0 Å². The Balaban J connectivity index is 2.48. The summed E-state index contributed by atoms with van der Waals surface area (Å²) < 4.78 is 5.01. The lowest BCUT2D eigenvalue weighted by Crippen LogP contribution is -2.48. The number of aliphatic carboxylic acids is 1. The first-order chi connectivity index (χ1) is 7.59. The Morgan fingerprint density at radius 2 is 2.44 bits per heavy atom. The van der Waals surface area contributed by atoms with E-state index in [4.69, 9.17) is 9.84 Å². The van der Waals surface area contributed by atoms with Crippen molar-refractivity contribution in [1.82, 2.24) is 4.98 Å². The van der Waals surface area contributed by atoms with E-state index in [1.54, 1.807) is 19.1 Å². The molecule has 16 heavy (non-hydrogen) atoms. The molecule has 1 aliphatic heterocycles. The predicted molar refractivity (Wildman–Crippen MR) is 54.0 cm³/mol. The van der Waals surface area contributed by atoms with E-state index in [9.17, 15) is 9.59 Å². The molecular weight excluding hydrogens is 210 g/mol. The number of fused-ring (bicyclic) bond motifs is 1. The van der Waals surface area contributed by atoms with E-state index in [0.717, 1.165) is 0 Å². The third-order valence-electron chi connectivity index (χ3n) is 2.81. The summed E-state index contributed by atoms with van der Waals surface area (Å²) in [5.74, 6) is -1.77. The largest absolute Gasteiger partial charge is 0.478 e. The summed E-state index contributed by atoms with van der Waals surface area (Å²) in [6.07, 6.45) is 1.90. The van der Waals surface area contributed by atoms with Gasteiger partial charge >= 0.3 is 11.9 Å². The van der Waals surface area contributed by atoms with E-state index in [1.807, 2.05) is 0 Å². The number of carbonyl (C=O) groups excluding carboxylic acids is 1. The van der Waals surface area contributed by atoms with Crippen LogP contribution in [0, 0.1) is 0 Å². The van der Waals surface area contributed by atoms with Crippen LogP contribution in [0.5, 0.6) is 0 Å². The first-order valence-electron chi connectivity index (χ1n) is 5.00. The fourth-order valence-corrected chi connectivity index (χ4v) is 1.80. The highest BCUT2D eigenvalue weighted by Gasteiger charge is 2.46. The molecule has 0 amide bonds. The van der Waals surface area contributed by atoms with Crippen LogP contribution in [0.15, 0.2) is 18.3 Å². The third-order valence-corrected chi connectivity index (χ3v) is 2.81. The number of ether oxygens (including phenoxy) is 1. The molecule has 84 valence electrons. The van der Waals surface area contributed by atoms with Crippen LogP contribution in [-0.4, -0.2) is 27.6 Å². The van der Waals surface area contributed by atoms with Crippen molar-refractivity contribution in [2.75, 3.05) is 0 Å². The summed E-state index contributed by atoms with van der Waals surface area (Å²) in [6, 6.07) is 3.38. The minimum absolute atomic E-state index is 0.174. The van der Waals surface area contributed by atoms with Gasteiger partial charge in [0.1, 0.15) is 0 Å². The molecule has 1 aliphatic rings. The topological polar surface area (TPSA) is 76.5 Å². The molecule has 0 aliphatic carbocycles. The first kappa shape index (κ1) is 10.6. The number of cyclic esters (lactones) is 1. The van der Waals surface area contributed by atoms with E-state index < -0.39 is 17.5 Å². The lowest BCUT2D eigenvalue weighted by Gasteiger charge is -2.32. The average Bonchev–Trinajstić information content (AvgIpc) is 2.28. The summed E-state index contributed by atoms with van der Waals surface area (Å²) in [4.78, 5) is 26.7. The van der Waals surface area contributed by atoms with Gasteiger partial charge < -0.3 is 9.84 Å². The molecule has 0 saturated carbocycles. The Morgan fingerprint density at radius 1 is 1.69 bits per heavy atom. The molecule has 0 saturated heterocycles. The molecule has 0 spiro atoms. The molecule has 1 atom stereocenters. The second-order valence-electron chi connectivity index (χ2n) is 3.73. The summed E-state index contributed by atoms with van der Waals surface area (Å²) in [5, 5.41) is 9.13. The van der Waals surface area contributed by atoms with Crippen molar-refractivity contribution in [2.45, 2.75) is 25.4 Å². The second kappa shape index (κ2) is 3.59. The molecule has 1 N–H and O–H groups in total. The number of hydrogen-bond donors (Lipinski definition) is 1. The molecule has 2 heterocycles. The molecule has 5 heteroatoms. The van der Waals surface area contributed by atoms with Crippen molar-refractivity contribution in [3.63, 3.8) is 0 Å². The quantitative estimate of drug-likeness (QED) is 0.755. The van der Waals surface area contributed by atoms with Crippen LogP contribution < -0.4 is 0 Å². The maximum absolute atomic E-state index is 11.6. The smallest absolute Gasteiger partial charge is 0.358 e. The molecule has 0 fully saturated rings. The molecule has 1 aromatic heterocycles. The summed E-state index contributed by atoms with van der Waals surface area (Å²) >= 11 is 0. The van der Waals surface area contributed by atoms with E-state index in [-0.39, 0.29) is 18.5 Å². The third kappa shape index (κ3) is 1.44. The minimum atomic E-state index is -1.44. The highest BCUT2D eigenvalue weighted by atomic mass is 16.6. The van der Waals surface area contributed by atoms with E-state index >= 15 is 0 Å². The van der Waals surface area contributed by atoms with Crippen LogP contribution in [0.4, 0.5) is 0 Å². The van der Waals surface area contributed by atoms with Gasteiger partial charge in [-0.05, 0) is 18.1 Å². The van der Waals surface area contributed by atoms with E-state index in [0.29, 0.717) is 5.56 Å². The fourth-order valence-electron chi connectivity index (χ4n) is 1.80. The van der Waals surface area contributed by atoms with Gasteiger partial charge in [0.2, 0.25) is 5.60 Å². The van der Waals surface area contributed by atoms with Crippen LogP contribution in [0.1, 0.15) is 29.4 Å². The second-order valence-corrected chi connectivity index (χ2v) is 3.73. The molecule has 5 nitrogen and oxygen atoms in total. The SMILES string of the molecule is CCC1(C(=O)O)Cc2cccnc2C(=O)O1. The van der Waals surface area contributed by atoms with Crippen molar-refractivity contribution in [1.29, 1.82) is 0 Å². The highest BCUT2D eigenvalue weighted by molar-refractivity contribution is 5.94. The first-order valence-corrected chi connectivity index (χ1v) is 5.00. The molecular formula is C11H11NO4. The minimum Gasteiger partial charge on any atom is -0.478 e. The van der Waals surface area contributed by atoms with E-state index in [2.05, 4.69) is 4.98 Å². The Labute approximate surface area is 92.1 Å². The normalized spacial score (nSPS) is 23.4. The van der Waals surface area contributed by atoms with Crippen molar-refractivity contribution in [3.8, 4) is 0 Å². The highest BCUT2D eigenvalue weighted by Crippen LogP contribution is 2.29. The summed E-state index contributed by atoms with van der Waals surface area (Å²) in [7, 11) is 0. The van der Waals surface area contributed by atoms with Crippen LogP contribution >= 0.6 is 0 Å². The van der Waals surface area contributed by atoms with Gasteiger partial charge in [-0.3, -0.25) is 0 Å². The van der Waals surface area contributed by atoms with Gasteiger partial charge in [0, 0.05) is 12.6 Å². The number of hydrogen-bond acceptors (Lipinski definition) is 4. The maximum Gasteiger partial charge on any atom is 0.358 e. The molecule has 2 rings (SSSR count). The van der Waals surface area contributed by atoms with Gasteiger partial charge in [-0.2, -0.15) is 0 Å². The zero-order valence-corrected chi connectivity index (χ0v) is 8.77. The fraction of sp³-hybridized carbons (Fsp3) is 0.364. The number of aromatic nitrogens is 1. The van der Waals surface area contributed by atoms with Crippen molar-refractivity contribution in [3.05, 3.63) is 29.6 Å². The Morgan fingerprint density at radius 3 is 3.06 bits per heavy atom. The predicted octanol–water partition coefficient (Wildman–Crippen LogP) is 1.03. The number of pyridine rings is 1. The average molecular weight is 221 g/mol. The molecule has 0 radical (unpaired) electrons. The standard InChI is InChI=1S/C11H11NO4/c1-2-11(10(14)15)6-7-4-3-5-12-8(7)9(13)16-11/h3-5H,2,6H2,1H3,(H,14,15). The van der Waals surface area contributed by atoms with Crippen LogP contribution in [0.3, 0.4) is 0 Å². The van der Waals surface area contributed by atoms with Gasteiger partial charge in [-0.25, -0.2) is 14.6 Å². The monoisotopic (exact) mass is 221 g/mol. The van der Waals surface area contributed by atoms with Crippen LogP contribution in [0.2, 0.25) is 0 Å². The summed E-state index contributed by atoms with van der Waals surface area (Å²) in [5.41, 5.74) is -0.594. The van der Waals surface area contributed by atoms with Crippen molar-refractivity contribution >= 4 is 11.9 Å². The lowest BCUT2D eigenvalue weighted by molar-refractivity contribution is -0.160. The lowest BCUT2D eigenvalue weighted by atomic mass is 9.88. The Hall–Kier alpha value is -1.91. The number of carboxylic acid groups (broad SMARTS) is 1. The zero-order chi connectivity index (χ0) is 11.8. The number of esters is 1.